The maximum absolute atomic E-state index is 13.4. The summed E-state index contributed by atoms with van der Waals surface area (Å²) in [4.78, 5) is 21.4. The number of aromatic nitrogens is 3. The van der Waals surface area contributed by atoms with Crippen molar-refractivity contribution in [2.45, 2.75) is 43.4 Å². The van der Waals surface area contributed by atoms with E-state index in [1.807, 2.05) is 24.4 Å². The van der Waals surface area contributed by atoms with Crippen molar-refractivity contribution in [3.8, 4) is 0 Å². The highest BCUT2D eigenvalue weighted by Crippen LogP contribution is 2.48. The molecule has 6 nitrogen and oxygen atoms in total. The highest BCUT2D eigenvalue weighted by atomic mass is 32.2. The minimum absolute atomic E-state index is 0.0876. The Kier molecular flexibility index (Phi) is 4.30. The first-order chi connectivity index (χ1) is 14.6. The van der Waals surface area contributed by atoms with Crippen LogP contribution in [0, 0.1) is 5.92 Å². The molecule has 0 radical (unpaired) electrons. The van der Waals surface area contributed by atoms with Crippen LogP contribution >= 0.6 is 23.1 Å². The van der Waals surface area contributed by atoms with Crippen LogP contribution in [0.25, 0.3) is 15.1 Å². The van der Waals surface area contributed by atoms with Crippen LogP contribution in [0.3, 0.4) is 0 Å². The van der Waals surface area contributed by atoms with Gasteiger partial charge in [-0.2, -0.15) is 5.10 Å². The molecule has 2 N–H and O–H groups in total. The number of nitrogens with zero attached hydrogens (tertiary/aromatic N) is 3. The van der Waals surface area contributed by atoms with Crippen LogP contribution in [0.4, 0.5) is 0 Å². The Morgan fingerprint density at radius 1 is 1.23 bits per heavy atom. The van der Waals surface area contributed by atoms with Gasteiger partial charge in [-0.25, -0.2) is 4.98 Å². The predicted molar refractivity (Wildman–Crippen MR) is 119 cm³/mol. The Bertz CT molecular complexity index is 1090. The second-order valence-corrected chi connectivity index (χ2v) is 10.6. The van der Waals surface area contributed by atoms with Crippen molar-refractivity contribution in [1.29, 1.82) is 0 Å². The van der Waals surface area contributed by atoms with Crippen molar-refractivity contribution in [3.63, 3.8) is 0 Å². The molecule has 3 unspecified atom stereocenters. The second-order valence-electron chi connectivity index (χ2n) is 8.49. The number of H-pyrrole nitrogens is 1. The first-order valence-corrected chi connectivity index (χ1v) is 12.2. The number of para-hydroxylation sites is 1. The van der Waals surface area contributed by atoms with Crippen LogP contribution in [-0.4, -0.2) is 48.9 Å². The molecule has 6 rings (SSSR count). The lowest BCUT2D eigenvalue weighted by Gasteiger charge is -2.43. The van der Waals surface area contributed by atoms with Gasteiger partial charge >= 0.3 is 0 Å². The van der Waals surface area contributed by atoms with E-state index in [0.717, 1.165) is 44.3 Å². The van der Waals surface area contributed by atoms with Gasteiger partial charge < -0.3 is 10.0 Å². The minimum atomic E-state index is -0.936. The van der Waals surface area contributed by atoms with Gasteiger partial charge in [0.15, 0.2) is 0 Å². The molecule has 3 atom stereocenters. The molecule has 2 fully saturated rings. The van der Waals surface area contributed by atoms with Crippen LogP contribution in [-0.2, 0) is 10.4 Å². The van der Waals surface area contributed by atoms with Crippen LogP contribution in [0.15, 0.2) is 42.7 Å². The lowest BCUT2D eigenvalue weighted by molar-refractivity contribution is -0.144. The Hall–Kier alpha value is -2.16. The molecular formula is C22H22N4O2S2. The smallest absolute Gasteiger partial charge is 0.230 e. The number of amides is 1. The zero-order chi connectivity index (χ0) is 20.3. The molecule has 1 aromatic carbocycles. The number of hydrogen-bond acceptors (Lipinski definition) is 6. The molecule has 5 heterocycles. The van der Waals surface area contributed by atoms with Gasteiger partial charge in [-0.05, 0) is 25.0 Å². The number of benzene rings is 1. The summed E-state index contributed by atoms with van der Waals surface area (Å²) in [5.74, 6) is 0.883. The van der Waals surface area contributed by atoms with Crippen LogP contribution in [0.2, 0.25) is 0 Å². The van der Waals surface area contributed by atoms with Crippen molar-refractivity contribution in [2.24, 2.45) is 5.92 Å². The van der Waals surface area contributed by atoms with Crippen molar-refractivity contribution in [2.75, 3.05) is 5.75 Å². The number of rotatable bonds is 3. The fourth-order valence-corrected chi connectivity index (χ4v) is 7.40. The van der Waals surface area contributed by atoms with E-state index >= 15 is 0 Å². The van der Waals surface area contributed by atoms with Gasteiger partial charge in [0.25, 0.3) is 0 Å². The van der Waals surface area contributed by atoms with E-state index in [0.29, 0.717) is 12.8 Å². The van der Waals surface area contributed by atoms with Crippen molar-refractivity contribution in [3.05, 3.63) is 53.3 Å². The highest BCUT2D eigenvalue weighted by molar-refractivity contribution is 8.08. The van der Waals surface area contributed by atoms with Gasteiger partial charge in [0, 0.05) is 47.3 Å². The first kappa shape index (κ1) is 18.6. The van der Waals surface area contributed by atoms with E-state index < -0.39 is 5.60 Å². The largest absolute Gasteiger partial charge is 0.383 e. The second kappa shape index (κ2) is 6.93. The first-order valence-electron chi connectivity index (χ1n) is 10.4. The number of carbonyl (C=O) groups excluding carboxylic acids is 1. The van der Waals surface area contributed by atoms with Crippen LogP contribution in [0.1, 0.15) is 36.3 Å². The van der Waals surface area contributed by atoms with Crippen molar-refractivity contribution in [1.82, 2.24) is 20.1 Å². The van der Waals surface area contributed by atoms with E-state index in [-0.39, 0.29) is 23.9 Å². The molecule has 0 aliphatic carbocycles. The number of piperidine rings is 1. The summed E-state index contributed by atoms with van der Waals surface area (Å²) in [6.07, 6.45) is 8.83. The van der Waals surface area contributed by atoms with E-state index in [9.17, 15) is 9.90 Å². The van der Waals surface area contributed by atoms with Gasteiger partial charge in [-0.15, -0.1) is 23.1 Å². The topological polar surface area (TPSA) is 82.1 Å². The van der Waals surface area contributed by atoms with Gasteiger partial charge in [-0.1, -0.05) is 18.2 Å². The molecule has 30 heavy (non-hydrogen) atoms. The average Bonchev–Trinajstić information content (AvgIpc) is 3.53. The zero-order valence-electron chi connectivity index (χ0n) is 16.3. The quantitative estimate of drug-likeness (QED) is 0.651. The summed E-state index contributed by atoms with van der Waals surface area (Å²) in [6.45, 7) is 0. The number of carbonyl (C=O) groups is 1. The normalized spacial score (nSPS) is 30.8. The maximum Gasteiger partial charge on any atom is 0.230 e. The third-order valence-corrected chi connectivity index (χ3v) is 9.02. The number of fused-ring (bicyclic) bond motifs is 3. The number of aromatic amines is 1. The third kappa shape index (κ3) is 2.92. The maximum atomic E-state index is 13.4. The molecule has 2 bridgehead atoms. The molecular weight excluding hydrogens is 416 g/mol. The predicted octanol–water partition coefficient (Wildman–Crippen LogP) is 3.76. The lowest BCUT2D eigenvalue weighted by atomic mass is 9.85. The summed E-state index contributed by atoms with van der Waals surface area (Å²) < 4.78 is 1.10. The van der Waals surface area contributed by atoms with Crippen LogP contribution < -0.4 is 0 Å². The number of thioether (sulfide) groups is 1. The molecule has 3 aliphatic rings. The summed E-state index contributed by atoms with van der Waals surface area (Å²) in [5, 5.41) is 19.2. The molecule has 0 saturated carbocycles. The molecule has 2 saturated heterocycles. The Morgan fingerprint density at radius 2 is 2.03 bits per heavy atom. The number of aliphatic hydroxyl groups is 1. The van der Waals surface area contributed by atoms with E-state index in [2.05, 4.69) is 27.2 Å². The van der Waals surface area contributed by atoms with Gasteiger partial charge in [0.05, 0.1) is 22.3 Å². The SMILES string of the molecule is O=C(C1C=C(c2cn[nH]c2)SC1)N1C2CCC1CC(O)(c1nc3ccccc3s1)C2. The van der Waals surface area contributed by atoms with E-state index in [1.54, 1.807) is 29.3 Å². The Morgan fingerprint density at radius 3 is 2.77 bits per heavy atom. The third-order valence-electron chi connectivity index (χ3n) is 6.58. The average molecular weight is 439 g/mol. The molecule has 2 aromatic heterocycles. The Labute approximate surface area is 182 Å². The van der Waals surface area contributed by atoms with Gasteiger partial charge in [0.1, 0.15) is 10.6 Å². The Balaban J connectivity index is 1.24. The van der Waals surface area contributed by atoms with Gasteiger partial charge in [0.2, 0.25) is 5.91 Å². The number of nitrogens with one attached hydrogen (secondary N) is 1. The zero-order valence-corrected chi connectivity index (χ0v) is 18.0. The summed E-state index contributed by atoms with van der Waals surface area (Å²) in [6, 6.07) is 8.20. The highest BCUT2D eigenvalue weighted by Gasteiger charge is 2.52. The van der Waals surface area contributed by atoms with Crippen LogP contribution in [0.5, 0.6) is 0 Å². The fourth-order valence-electron chi connectivity index (χ4n) is 5.19. The van der Waals surface area contributed by atoms with E-state index in [4.69, 9.17) is 4.98 Å². The summed E-state index contributed by atoms with van der Waals surface area (Å²) >= 11 is 3.30. The molecule has 3 aromatic rings. The monoisotopic (exact) mass is 438 g/mol. The lowest BCUT2D eigenvalue weighted by Crippen LogP contribution is -2.53. The summed E-state index contributed by atoms with van der Waals surface area (Å²) in [5.41, 5.74) is 1.05. The van der Waals surface area contributed by atoms with Gasteiger partial charge in [-0.3, -0.25) is 9.89 Å². The summed E-state index contributed by atoms with van der Waals surface area (Å²) in [7, 11) is 0. The molecule has 0 spiro atoms. The van der Waals surface area contributed by atoms with Crippen molar-refractivity contribution >= 4 is 44.1 Å². The molecule has 8 heteroatoms. The molecule has 1 amide bonds. The van der Waals surface area contributed by atoms with Crippen molar-refractivity contribution < 1.29 is 9.90 Å². The minimum Gasteiger partial charge on any atom is -0.383 e. The number of hydrogen-bond donors (Lipinski definition) is 2. The fraction of sp³-hybridized carbons (Fsp3) is 0.409. The molecule has 154 valence electrons. The number of thiazole rings is 1. The van der Waals surface area contributed by atoms with E-state index in [1.165, 1.54) is 0 Å². The standard InChI is InChI=1S/C22H22N4O2S2/c27-20(13-7-19(29-12-13)14-10-23-24-11-14)26-15-5-6-16(26)9-22(28,8-15)21-25-17-3-1-2-4-18(17)30-21/h1-4,7,10-11,13,15-16,28H,5-6,8-9,12H2,(H,23,24). The molecule has 3 aliphatic heterocycles.